The minimum atomic E-state index is -0.956. The fraction of sp³-hybridized carbons (Fsp3) is 0.440. The molecule has 2 amide bonds. The standard InChI is InChI=1S/C25H32F2N4O2/c1-18(2)23(29-24(32)22-20(26)10-6-11-21(22)27)25(33)28-12-7-13-30-14-16-31(17-15-30)19-8-4-3-5-9-19/h3-6,8-11,18,23H,7,12-17H2,1-2H3,(H,28,33)(H,29,32). The van der Waals surface area contributed by atoms with E-state index in [2.05, 4.69) is 32.6 Å². The van der Waals surface area contributed by atoms with E-state index in [1.54, 1.807) is 13.8 Å². The molecule has 1 aliphatic heterocycles. The van der Waals surface area contributed by atoms with Crippen LogP contribution in [0, 0.1) is 17.6 Å². The molecule has 0 bridgehead atoms. The Morgan fingerprint density at radius 3 is 2.18 bits per heavy atom. The third-order valence-corrected chi connectivity index (χ3v) is 5.87. The van der Waals surface area contributed by atoms with Crippen LogP contribution in [-0.4, -0.2) is 62.0 Å². The van der Waals surface area contributed by atoms with Gasteiger partial charge in [-0.1, -0.05) is 38.1 Å². The molecule has 8 heteroatoms. The molecule has 0 aliphatic carbocycles. The maximum absolute atomic E-state index is 13.9. The Balaban J connectivity index is 1.42. The highest BCUT2D eigenvalue weighted by Gasteiger charge is 2.27. The second kappa shape index (κ2) is 11.7. The molecule has 6 nitrogen and oxygen atoms in total. The van der Waals surface area contributed by atoms with Gasteiger partial charge < -0.3 is 15.5 Å². The topological polar surface area (TPSA) is 64.7 Å². The summed E-state index contributed by atoms with van der Waals surface area (Å²) in [7, 11) is 0. The fourth-order valence-corrected chi connectivity index (χ4v) is 3.96. The van der Waals surface area contributed by atoms with Crippen LogP contribution in [0.15, 0.2) is 48.5 Å². The molecular formula is C25H32F2N4O2. The first kappa shape index (κ1) is 24.6. The van der Waals surface area contributed by atoms with Gasteiger partial charge in [0, 0.05) is 38.4 Å². The van der Waals surface area contributed by atoms with Gasteiger partial charge in [-0.05, 0) is 43.1 Å². The first-order valence-electron chi connectivity index (χ1n) is 11.4. The summed E-state index contributed by atoms with van der Waals surface area (Å²) < 4.78 is 27.8. The summed E-state index contributed by atoms with van der Waals surface area (Å²) in [6.45, 7) is 8.72. The van der Waals surface area contributed by atoms with Gasteiger partial charge in [0.05, 0.1) is 0 Å². The molecule has 0 aromatic heterocycles. The van der Waals surface area contributed by atoms with E-state index in [-0.39, 0.29) is 11.8 Å². The lowest BCUT2D eigenvalue weighted by Gasteiger charge is -2.36. The van der Waals surface area contributed by atoms with Gasteiger partial charge in [-0.2, -0.15) is 0 Å². The Kier molecular flexibility index (Phi) is 8.77. The number of hydrogen-bond donors (Lipinski definition) is 2. The number of carbonyl (C=O) groups excluding carboxylic acids is 2. The van der Waals surface area contributed by atoms with Gasteiger partial charge in [0.2, 0.25) is 5.91 Å². The van der Waals surface area contributed by atoms with Crippen molar-refractivity contribution in [2.75, 3.05) is 44.2 Å². The predicted molar refractivity (Wildman–Crippen MR) is 125 cm³/mol. The van der Waals surface area contributed by atoms with E-state index < -0.39 is 29.1 Å². The van der Waals surface area contributed by atoms with Crippen LogP contribution in [0.4, 0.5) is 14.5 Å². The van der Waals surface area contributed by atoms with E-state index in [4.69, 9.17) is 0 Å². The minimum Gasteiger partial charge on any atom is -0.369 e. The van der Waals surface area contributed by atoms with Crippen LogP contribution in [0.3, 0.4) is 0 Å². The van der Waals surface area contributed by atoms with E-state index in [1.807, 2.05) is 18.2 Å². The van der Waals surface area contributed by atoms with E-state index in [0.29, 0.717) is 6.54 Å². The highest BCUT2D eigenvalue weighted by atomic mass is 19.1. The second-order valence-corrected chi connectivity index (χ2v) is 8.60. The fourth-order valence-electron chi connectivity index (χ4n) is 3.96. The van der Waals surface area contributed by atoms with Crippen LogP contribution in [-0.2, 0) is 4.79 Å². The van der Waals surface area contributed by atoms with Crippen molar-refractivity contribution in [3.63, 3.8) is 0 Å². The van der Waals surface area contributed by atoms with Crippen LogP contribution in [0.25, 0.3) is 0 Å². The average molecular weight is 459 g/mol. The lowest BCUT2D eigenvalue weighted by Crippen LogP contribution is -2.50. The van der Waals surface area contributed by atoms with Gasteiger partial charge in [-0.3, -0.25) is 14.5 Å². The average Bonchev–Trinajstić information content (AvgIpc) is 2.81. The molecule has 0 spiro atoms. The molecule has 3 rings (SSSR count). The maximum atomic E-state index is 13.9. The van der Waals surface area contributed by atoms with E-state index in [9.17, 15) is 18.4 Å². The molecule has 1 unspecified atom stereocenters. The molecule has 0 saturated carbocycles. The van der Waals surface area contributed by atoms with Crippen molar-refractivity contribution in [1.82, 2.24) is 15.5 Å². The summed E-state index contributed by atoms with van der Waals surface area (Å²) >= 11 is 0. The van der Waals surface area contributed by atoms with Crippen molar-refractivity contribution in [3.05, 3.63) is 65.7 Å². The zero-order chi connectivity index (χ0) is 23.8. The normalized spacial score (nSPS) is 15.4. The van der Waals surface area contributed by atoms with E-state index in [0.717, 1.165) is 51.3 Å². The number of rotatable bonds is 9. The van der Waals surface area contributed by atoms with Crippen molar-refractivity contribution < 1.29 is 18.4 Å². The van der Waals surface area contributed by atoms with E-state index in [1.165, 1.54) is 11.8 Å². The number of benzene rings is 2. The Morgan fingerprint density at radius 1 is 0.939 bits per heavy atom. The SMILES string of the molecule is CC(C)C(NC(=O)c1c(F)cccc1F)C(=O)NCCCN1CCN(c2ccccc2)CC1. The summed E-state index contributed by atoms with van der Waals surface area (Å²) in [6.07, 6.45) is 0.776. The van der Waals surface area contributed by atoms with Gasteiger partial charge >= 0.3 is 0 Å². The predicted octanol–water partition coefficient (Wildman–Crippen LogP) is 3.05. The highest BCUT2D eigenvalue weighted by Crippen LogP contribution is 2.16. The number of amides is 2. The number of para-hydroxylation sites is 1. The third kappa shape index (κ3) is 6.74. The molecular weight excluding hydrogens is 426 g/mol. The van der Waals surface area contributed by atoms with Crippen molar-refractivity contribution in [1.29, 1.82) is 0 Å². The van der Waals surface area contributed by atoms with Crippen LogP contribution < -0.4 is 15.5 Å². The largest absolute Gasteiger partial charge is 0.369 e. The Bertz CT molecular complexity index is 911. The molecule has 33 heavy (non-hydrogen) atoms. The number of halogens is 2. The van der Waals surface area contributed by atoms with Gasteiger partial charge in [0.1, 0.15) is 23.2 Å². The first-order valence-corrected chi connectivity index (χ1v) is 11.4. The molecule has 1 aliphatic rings. The van der Waals surface area contributed by atoms with Crippen LogP contribution in [0.5, 0.6) is 0 Å². The number of hydrogen-bond acceptors (Lipinski definition) is 4. The Morgan fingerprint density at radius 2 is 1.58 bits per heavy atom. The highest BCUT2D eigenvalue weighted by molar-refractivity contribution is 5.98. The van der Waals surface area contributed by atoms with E-state index >= 15 is 0 Å². The quantitative estimate of drug-likeness (QED) is 0.567. The van der Waals surface area contributed by atoms with Gasteiger partial charge in [0.15, 0.2) is 0 Å². The number of nitrogens with one attached hydrogen (secondary N) is 2. The Labute approximate surface area is 194 Å². The molecule has 0 radical (unpaired) electrons. The Hall–Kier alpha value is -3.00. The minimum absolute atomic E-state index is 0.241. The van der Waals surface area contributed by atoms with Gasteiger partial charge in [-0.15, -0.1) is 0 Å². The number of nitrogens with zero attached hydrogens (tertiary/aromatic N) is 2. The zero-order valence-corrected chi connectivity index (χ0v) is 19.2. The van der Waals surface area contributed by atoms with Crippen molar-refractivity contribution in [2.45, 2.75) is 26.3 Å². The van der Waals surface area contributed by atoms with Gasteiger partial charge in [-0.25, -0.2) is 8.78 Å². The molecule has 1 atom stereocenters. The molecule has 1 fully saturated rings. The smallest absolute Gasteiger partial charge is 0.257 e. The molecule has 178 valence electrons. The summed E-state index contributed by atoms with van der Waals surface area (Å²) in [5.74, 6) is -3.44. The molecule has 2 N–H and O–H groups in total. The molecule has 1 saturated heterocycles. The van der Waals surface area contributed by atoms with Crippen molar-refractivity contribution in [2.24, 2.45) is 5.92 Å². The molecule has 1 heterocycles. The van der Waals surface area contributed by atoms with Crippen molar-refractivity contribution in [3.8, 4) is 0 Å². The first-order chi connectivity index (χ1) is 15.9. The monoisotopic (exact) mass is 458 g/mol. The van der Waals surface area contributed by atoms with Crippen LogP contribution >= 0.6 is 0 Å². The maximum Gasteiger partial charge on any atom is 0.257 e. The van der Waals surface area contributed by atoms with Gasteiger partial charge in [0.25, 0.3) is 5.91 Å². The molecule has 2 aromatic carbocycles. The number of piperazine rings is 1. The van der Waals surface area contributed by atoms with Crippen LogP contribution in [0.2, 0.25) is 0 Å². The number of carbonyl (C=O) groups is 2. The summed E-state index contributed by atoms with van der Waals surface area (Å²) in [6, 6.07) is 12.7. The lowest BCUT2D eigenvalue weighted by atomic mass is 10.0. The summed E-state index contributed by atoms with van der Waals surface area (Å²) in [4.78, 5) is 29.8. The van der Waals surface area contributed by atoms with Crippen molar-refractivity contribution >= 4 is 17.5 Å². The van der Waals surface area contributed by atoms with Crippen LogP contribution in [0.1, 0.15) is 30.6 Å². The second-order valence-electron chi connectivity index (χ2n) is 8.60. The summed E-state index contributed by atoms with van der Waals surface area (Å²) in [5.41, 5.74) is 0.562. The number of anilines is 1. The third-order valence-electron chi connectivity index (χ3n) is 5.87. The summed E-state index contributed by atoms with van der Waals surface area (Å²) in [5, 5.41) is 5.32. The lowest BCUT2D eigenvalue weighted by molar-refractivity contribution is -0.123. The molecule has 2 aromatic rings. The zero-order valence-electron chi connectivity index (χ0n) is 19.2.